The number of hydrogen-bond donors (Lipinski definition) is 1. The molecule has 3 aliphatic carbocycles. The molecular formula is C23H22F6N4O2S. The van der Waals surface area contributed by atoms with E-state index in [0.717, 1.165) is 25.3 Å². The summed E-state index contributed by atoms with van der Waals surface area (Å²) < 4.78 is 108. The first-order valence-electron chi connectivity index (χ1n) is 11.2. The van der Waals surface area contributed by atoms with Crippen molar-refractivity contribution >= 4 is 15.7 Å². The maximum atomic E-state index is 13.9. The standard InChI is InChI=1S/C23H22F6N4O2S/c1-2-3-16-17-11-32(36(34,35)23(27,28)29)12-20(21-6-14(7-21)8-21)33(10-15-9-30-13-31-15)19(17)5-4-18(16)22(24,25)26/h4-5,9,13-14,20H,6-8,10-12H2,1H3,(H,30,31). The van der Waals surface area contributed by atoms with Gasteiger partial charge in [0.1, 0.15) is 0 Å². The van der Waals surface area contributed by atoms with Gasteiger partial charge in [-0.1, -0.05) is 5.92 Å². The quantitative estimate of drug-likeness (QED) is 0.460. The monoisotopic (exact) mass is 532 g/mol. The minimum absolute atomic E-state index is 0.106. The molecule has 1 atom stereocenters. The Balaban J connectivity index is 1.75. The molecule has 2 heterocycles. The van der Waals surface area contributed by atoms with E-state index in [4.69, 9.17) is 0 Å². The van der Waals surface area contributed by atoms with Crippen LogP contribution in [-0.4, -0.2) is 40.8 Å². The number of sulfonamides is 1. The number of aromatic amines is 1. The van der Waals surface area contributed by atoms with Gasteiger partial charge in [-0.2, -0.15) is 30.6 Å². The van der Waals surface area contributed by atoms with E-state index in [1.807, 2.05) is 0 Å². The average molecular weight is 533 g/mol. The Labute approximate surface area is 203 Å². The first-order chi connectivity index (χ1) is 16.8. The molecule has 0 saturated heterocycles. The highest BCUT2D eigenvalue weighted by Gasteiger charge is 2.63. The lowest BCUT2D eigenvalue weighted by atomic mass is 9.41. The number of anilines is 1. The van der Waals surface area contributed by atoms with E-state index in [2.05, 4.69) is 21.8 Å². The van der Waals surface area contributed by atoms with Crippen LogP contribution in [0.4, 0.5) is 32.0 Å². The Bertz CT molecular complexity index is 1320. The van der Waals surface area contributed by atoms with Crippen molar-refractivity contribution in [1.29, 1.82) is 0 Å². The predicted octanol–water partition coefficient (Wildman–Crippen LogP) is 4.64. The van der Waals surface area contributed by atoms with Gasteiger partial charge >= 0.3 is 21.7 Å². The fourth-order valence-corrected chi connectivity index (χ4v) is 6.76. The molecule has 0 spiro atoms. The molecule has 1 N–H and O–H groups in total. The van der Waals surface area contributed by atoms with Crippen LogP contribution in [0.25, 0.3) is 0 Å². The number of nitrogens with zero attached hydrogens (tertiary/aromatic N) is 3. The molecule has 0 amide bonds. The fraction of sp³-hybridized carbons (Fsp3) is 0.522. The smallest absolute Gasteiger partial charge is 0.360 e. The van der Waals surface area contributed by atoms with E-state index in [1.165, 1.54) is 25.5 Å². The highest BCUT2D eigenvalue weighted by molar-refractivity contribution is 7.89. The van der Waals surface area contributed by atoms with Gasteiger partial charge in [-0.05, 0) is 49.7 Å². The lowest BCUT2D eigenvalue weighted by Crippen LogP contribution is -2.66. The number of alkyl halides is 6. The molecule has 0 radical (unpaired) electrons. The summed E-state index contributed by atoms with van der Waals surface area (Å²) in [6.07, 6.45) is 0.295. The molecule has 1 aromatic carbocycles. The number of benzene rings is 1. The largest absolute Gasteiger partial charge is 0.511 e. The van der Waals surface area contributed by atoms with E-state index in [-0.39, 0.29) is 22.1 Å². The maximum Gasteiger partial charge on any atom is 0.511 e. The molecule has 3 fully saturated rings. The first kappa shape index (κ1) is 25.0. The van der Waals surface area contributed by atoms with Crippen molar-refractivity contribution in [2.45, 2.75) is 57.0 Å². The van der Waals surface area contributed by atoms with Crippen molar-refractivity contribution in [3.8, 4) is 11.8 Å². The minimum Gasteiger partial charge on any atom is -0.360 e. The van der Waals surface area contributed by atoms with Crippen molar-refractivity contribution in [2.24, 2.45) is 11.3 Å². The Morgan fingerprint density at radius 3 is 2.36 bits per heavy atom. The van der Waals surface area contributed by atoms with Crippen LogP contribution in [0.3, 0.4) is 0 Å². The Kier molecular flexibility index (Phi) is 5.64. The molecule has 6 nitrogen and oxygen atoms in total. The normalized spacial score (nSPS) is 26.2. The minimum atomic E-state index is -5.83. The summed E-state index contributed by atoms with van der Waals surface area (Å²) >= 11 is 0. The molecule has 194 valence electrons. The summed E-state index contributed by atoms with van der Waals surface area (Å²) in [7, 11) is -5.83. The average Bonchev–Trinajstić information content (AvgIpc) is 3.15. The summed E-state index contributed by atoms with van der Waals surface area (Å²) in [4.78, 5) is 8.64. The predicted molar refractivity (Wildman–Crippen MR) is 118 cm³/mol. The van der Waals surface area contributed by atoms with Gasteiger partial charge in [0.05, 0.1) is 24.1 Å². The van der Waals surface area contributed by atoms with Gasteiger partial charge < -0.3 is 9.88 Å². The van der Waals surface area contributed by atoms with Crippen LogP contribution < -0.4 is 4.90 Å². The lowest BCUT2D eigenvalue weighted by molar-refractivity contribution is -0.137. The highest BCUT2D eigenvalue weighted by Crippen LogP contribution is 2.67. The molecule has 4 aliphatic rings. The van der Waals surface area contributed by atoms with Crippen LogP contribution in [0, 0.1) is 23.2 Å². The molecule has 2 bridgehead atoms. The molecule has 36 heavy (non-hydrogen) atoms. The van der Waals surface area contributed by atoms with Gasteiger partial charge in [0.25, 0.3) is 0 Å². The fourth-order valence-electron chi connectivity index (χ4n) is 5.83. The third-order valence-electron chi connectivity index (χ3n) is 7.56. The van der Waals surface area contributed by atoms with Crippen LogP contribution in [0.1, 0.15) is 48.6 Å². The second-order valence-corrected chi connectivity index (χ2v) is 11.6. The number of hydrogen-bond acceptors (Lipinski definition) is 4. The Morgan fingerprint density at radius 2 is 1.86 bits per heavy atom. The summed E-state index contributed by atoms with van der Waals surface area (Å²) in [5, 5.41) is 0. The SMILES string of the molecule is CC#Cc1c(C(F)(F)F)ccc2c1CN(S(=O)(=O)C(F)(F)F)CC(C13CC(C1)C3)N2Cc1cnc[nH]1. The number of imidazole rings is 1. The van der Waals surface area contributed by atoms with Crippen molar-refractivity contribution in [3.05, 3.63) is 47.0 Å². The van der Waals surface area contributed by atoms with Crippen molar-refractivity contribution < 1.29 is 34.8 Å². The highest BCUT2D eigenvalue weighted by atomic mass is 32.2. The number of fused-ring (bicyclic) bond motifs is 1. The van der Waals surface area contributed by atoms with E-state index in [1.54, 1.807) is 4.90 Å². The number of nitrogens with one attached hydrogen (secondary N) is 1. The van der Waals surface area contributed by atoms with Crippen molar-refractivity contribution in [2.75, 3.05) is 11.4 Å². The zero-order chi connectivity index (χ0) is 26.1. The summed E-state index contributed by atoms with van der Waals surface area (Å²) in [6, 6.07) is 1.41. The summed E-state index contributed by atoms with van der Waals surface area (Å²) in [5.41, 5.74) is -7.01. The van der Waals surface area contributed by atoms with Gasteiger partial charge in [-0.3, -0.25) is 0 Å². The number of H-pyrrole nitrogens is 1. The molecule has 3 saturated carbocycles. The second kappa shape index (κ2) is 8.14. The second-order valence-electron chi connectivity index (χ2n) is 9.66. The number of halogens is 6. The van der Waals surface area contributed by atoms with Crippen LogP contribution in [0.5, 0.6) is 0 Å². The molecule has 1 unspecified atom stereocenters. The number of aromatic nitrogens is 2. The molecule has 13 heteroatoms. The third kappa shape index (κ3) is 3.85. The van der Waals surface area contributed by atoms with Crippen LogP contribution in [0.2, 0.25) is 0 Å². The summed E-state index contributed by atoms with van der Waals surface area (Å²) in [6.45, 7) is 0.0418. The van der Waals surface area contributed by atoms with E-state index in [9.17, 15) is 34.8 Å². The topological polar surface area (TPSA) is 69.3 Å². The van der Waals surface area contributed by atoms with Gasteiger partial charge in [-0.25, -0.2) is 13.4 Å². The first-order valence-corrected chi connectivity index (χ1v) is 12.7. The Morgan fingerprint density at radius 1 is 1.17 bits per heavy atom. The van der Waals surface area contributed by atoms with Gasteiger partial charge in [0.2, 0.25) is 0 Å². The van der Waals surface area contributed by atoms with E-state index in [0.29, 0.717) is 11.6 Å². The van der Waals surface area contributed by atoms with Gasteiger partial charge in [-0.15, -0.1) is 5.92 Å². The van der Waals surface area contributed by atoms with Gasteiger partial charge in [0, 0.05) is 42.1 Å². The van der Waals surface area contributed by atoms with Crippen LogP contribution in [0.15, 0.2) is 24.7 Å². The van der Waals surface area contributed by atoms with Crippen LogP contribution in [-0.2, 0) is 29.3 Å². The zero-order valence-electron chi connectivity index (χ0n) is 19.0. The molecular weight excluding hydrogens is 510 g/mol. The third-order valence-corrected chi connectivity index (χ3v) is 9.10. The lowest BCUT2D eigenvalue weighted by Gasteiger charge is -2.67. The van der Waals surface area contributed by atoms with Crippen LogP contribution >= 0.6 is 0 Å². The molecule has 1 aromatic heterocycles. The summed E-state index contributed by atoms with van der Waals surface area (Å²) in [5.74, 6) is 5.24. The van der Waals surface area contributed by atoms with Crippen molar-refractivity contribution in [1.82, 2.24) is 14.3 Å². The van der Waals surface area contributed by atoms with E-state index < -0.39 is 57.4 Å². The van der Waals surface area contributed by atoms with Gasteiger partial charge in [0.15, 0.2) is 0 Å². The molecule has 1 aliphatic heterocycles. The Hall–Kier alpha value is -2.72. The maximum absolute atomic E-state index is 13.9. The van der Waals surface area contributed by atoms with E-state index >= 15 is 0 Å². The van der Waals surface area contributed by atoms with Crippen molar-refractivity contribution in [3.63, 3.8) is 0 Å². The molecule has 2 aromatic rings. The molecule has 6 rings (SSSR count). The number of rotatable bonds is 4. The zero-order valence-corrected chi connectivity index (χ0v) is 19.9.